The molecule has 3 heteroatoms. The number of nitrogens with two attached hydrogens (primary N) is 1. The van der Waals surface area contributed by atoms with Crippen molar-refractivity contribution < 1.29 is 0 Å². The van der Waals surface area contributed by atoms with Gasteiger partial charge in [0.05, 0.1) is 6.04 Å². The summed E-state index contributed by atoms with van der Waals surface area (Å²) in [7, 11) is 0. The second-order valence-electron chi connectivity index (χ2n) is 3.70. The Hall–Kier alpha value is -1.19. The molecule has 0 aliphatic carbocycles. The van der Waals surface area contributed by atoms with Crippen LogP contribution in [0, 0.1) is 6.92 Å². The zero-order chi connectivity index (χ0) is 11.5. The minimum atomic E-state index is -0.109. The lowest BCUT2D eigenvalue weighted by molar-refractivity contribution is 0.846. The third-order valence-electron chi connectivity index (χ3n) is 2.59. The van der Waals surface area contributed by atoms with E-state index in [4.69, 9.17) is 5.73 Å². The van der Waals surface area contributed by atoms with E-state index in [1.165, 1.54) is 0 Å². The maximum absolute atomic E-state index is 6.21. The molecule has 2 aromatic rings. The zero-order valence-electron chi connectivity index (χ0n) is 9.02. The quantitative estimate of drug-likeness (QED) is 0.856. The SMILES string of the molecule is Cc1nc(Br)ccc1[C@H](N)c1ccccc1. The van der Waals surface area contributed by atoms with Gasteiger partial charge in [0, 0.05) is 5.69 Å². The second kappa shape index (κ2) is 4.76. The predicted octanol–water partition coefficient (Wildman–Crippen LogP) is 3.20. The lowest BCUT2D eigenvalue weighted by Crippen LogP contribution is -2.13. The van der Waals surface area contributed by atoms with Crippen molar-refractivity contribution in [2.75, 3.05) is 0 Å². The maximum Gasteiger partial charge on any atom is 0.106 e. The average molecular weight is 277 g/mol. The highest BCUT2D eigenvalue weighted by Crippen LogP contribution is 2.22. The van der Waals surface area contributed by atoms with Crippen molar-refractivity contribution in [2.24, 2.45) is 5.73 Å². The molecule has 0 bridgehead atoms. The summed E-state index contributed by atoms with van der Waals surface area (Å²) in [6.45, 7) is 1.98. The van der Waals surface area contributed by atoms with Crippen molar-refractivity contribution in [3.8, 4) is 0 Å². The molecule has 1 aromatic carbocycles. The molecule has 0 saturated carbocycles. The molecule has 0 amide bonds. The molecule has 0 radical (unpaired) electrons. The van der Waals surface area contributed by atoms with Crippen LogP contribution in [0.2, 0.25) is 0 Å². The lowest BCUT2D eigenvalue weighted by Gasteiger charge is -2.14. The van der Waals surface area contributed by atoms with Crippen molar-refractivity contribution in [3.05, 3.63) is 63.9 Å². The molecule has 1 heterocycles. The van der Waals surface area contributed by atoms with Gasteiger partial charge in [-0.2, -0.15) is 0 Å². The molecule has 82 valence electrons. The minimum absolute atomic E-state index is 0.109. The Bertz CT molecular complexity index is 483. The van der Waals surface area contributed by atoms with Crippen LogP contribution in [0.5, 0.6) is 0 Å². The van der Waals surface area contributed by atoms with E-state index in [0.29, 0.717) is 0 Å². The molecule has 2 rings (SSSR count). The van der Waals surface area contributed by atoms with Gasteiger partial charge in [-0.05, 0) is 40.0 Å². The van der Waals surface area contributed by atoms with Crippen molar-refractivity contribution in [1.29, 1.82) is 0 Å². The molecule has 0 aliphatic heterocycles. The van der Waals surface area contributed by atoms with E-state index < -0.39 is 0 Å². The highest BCUT2D eigenvalue weighted by atomic mass is 79.9. The Kier molecular flexibility index (Phi) is 3.36. The summed E-state index contributed by atoms with van der Waals surface area (Å²) >= 11 is 3.35. The van der Waals surface area contributed by atoms with Gasteiger partial charge < -0.3 is 5.73 Å². The minimum Gasteiger partial charge on any atom is -0.320 e. The monoisotopic (exact) mass is 276 g/mol. The van der Waals surface area contributed by atoms with Crippen molar-refractivity contribution in [3.63, 3.8) is 0 Å². The van der Waals surface area contributed by atoms with Gasteiger partial charge in [-0.15, -0.1) is 0 Å². The first-order chi connectivity index (χ1) is 7.68. The van der Waals surface area contributed by atoms with Gasteiger partial charge in [0.1, 0.15) is 4.60 Å². The van der Waals surface area contributed by atoms with E-state index >= 15 is 0 Å². The fraction of sp³-hybridized carbons (Fsp3) is 0.154. The van der Waals surface area contributed by atoms with Crippen molar-refractivity contribution >= 4 is 15.9 Å². The molecule has 0 saturated heterocycles. The first-order valence-corrected chi connectivity index (χ1v) is 5.91. The van der Waals surface area contributed by atoms with Crippen LogP contribution in [0.4, 0.5) is 0 Å². The number of hydrogen-bond donors (Lipinski definition) is 1. The van der Waals surface area contributed by atoms with Crippen molar-refractivity contribution in [1.82, 2.24) is 4.98 Å². The number of benzene rings is 1. The molecule has 0 spiro atoms. The van der Waals surface area contributed by atoms with E-state index in [-0.39, 0.29) is 6.04 Å². The van der Waals surface area contributed by atoms with Gasteiger partial charge in [-0.25, -0.2) is 4.98 Å². The van der Waals surface area contributed by atoms with E-state index in [9.17, 15) is 0 Å². The summed E-state index contributed by atoms with van der Waals surface area (Å²) in [6, 6.07) is 13.9. The number of hydrogen-bond acceptors (Lipinski definition) is 2. The van der Waals surface area contributed by atoms with Gasteiger partial charge in [-0.1, -0.05) is 36.4 Å². The smallest absolute Gasteiger partial charge is 0.106 e. The molecule has 0 unspecified atom stereocenters. The molecule has 1 atom stereocenters. The highest BCUT2D eigenvalue weighted by Gasteiger charge is 2.11. The molecule has 0 aliphatic rings. The fourth-order valence-electron chi connectivity index (χ4n) is 1.71. The summed E-state index contributed by atoms with van der Waals surface area (Å²) in [6.07, 6.45) is 0. The average Bonchev–Trinajstić information content (AvgIpc) is 2.29. The Morgan fingerprint density at radius 1 is 1.12 bits per heavy atom. The van der Waals surface area contributed by atoms with Crippen LogP contribution in [0.15, 0.2) is 47.1 Å². The van der Waals surface area contributed by atoms with Crippen LogP contribution < -0.4 is 5.73 Å². The largest absolute Gasteiger partial charge is 0.320 e. The number of rotatable bonds is 2. The van der Waals surface area contributed by atoms with E-state index in [2.05, 4.69) is 20.9 Å². The Labute approximate surface area is 104 Å². The Morgan fingerprint density at radius 2 is 1.81 bits per heavy atom. The first-order valence-electron chi connectivity index (χ1n) is 5.12. The molecule has 1 aromatic heterocycles. The van der Waals surface area contributed by atoms with Crippen LogP contribution in [0.25, 0.3) is 0 Å². The van der Waals surface area contributed by atoms with Crippen LogP contribution in [-0.2, 0) is 0 Å². The molecule has 16 heavy (non-hydrogen) atoms. The lowest BCUT2D eigenvalue weighted by atomic mass is 9.99. The van der Waals surface area contributed by atoms with Crippen molar-refractivity contribution in [2.45, 2.75) is 13.0 Å². The molecule has 2 N–H and O–H groups in total. The molecular formula is C13H13BrN2. The predicted molar refractivity (Wildman–Crippen MR) is 69.1 cm³/mol. The summed E-state index contributed by atoms with van der Waals surface area (Å²) in [5, 5.41) is 0. The molecule has 2 nitrogen and oxygen atoms in total. The number of aryl methyl sites for hydroxylation is 1. The maximum atomic E-state index is 6.21. The van der Waals surface area contributed by atoms with Crippen LogP contribution in [0.3, 0.4) is 0 Å². The van der Waals surface area contributed by atoms with Crippen LogP contribution >= 0.6 is 15.9 Å². The van der Waals surface area contributed by atoms with Gasteiger partial charge in [0.15, 0.2) is 0 Å². The third kappa shape index (κ3) is 2.31. The Balaban J connectivity index is 2.38. The Morgan fingerprint density at radius 3 is 2.44 bits per heavy atom. The second-order valence-corrected chi connectivity index (χ2v) is 4.51. The standard InChI is InChI=1S/C13H13BrN2/c1-9-11(7-8-12(14)16-9)13(15)10-5-3-2-4-6-10/h2-8,13H,15H2,1H3/t13-/m1/s1. The van der Waals surface area contributed by atoms with Gasteiger partial charge >= 0.3 is 0 Å². The van der Waals surface area contributed by atoms with Crippen LogP contribution in [0.1, 0.15) is 22.9 Å². The van der Waals surface area contributed by atoms with E-state index in [1.807, 2.05) is 49.4 Å². The number of halogens is 1. The molecule has 0 fully saturated rings. The topological polar surface area (TPSA) is 38.9 Å². The van der Waals surface area contributed by atoms with Gasteiger partial charge in [-0.3, -0.25) is 0 Å². The molecular weight excluding hydrogens is 264 g/mol. The summed E-state index contributed by atoms with van der Waals surface area (Å²) in [5.41, 5.74) is 9.35. The normalized spacial score (nSPS) is 12.4. The van der Waals surface area contributed by atoms with E-state index in [0.717, 1.165) is 21.4 Å². The van der Waals surface area contributed by atoms with Crippen LogP contribution in [-0.4, -0.2) is 4.98 Å². The first kappa shape index (κ1) is 11.3. The van der Waals surface area contributed by atoms with Gasteiger partial charge in [0.25, 0.3) is 0 Å². The third-order valence-corrected chi connectivity index (χ3v) is 3.03. The summed E-state index contributed by atoms with van der Waals surface area (Å²) < 4.78 is 0.842. The zero-order valence-corrected chi connectivity index (χ0v) is 10.6. The number of nitrogens with zero attached hydrogens (tertiary/aromatic N) is 1. The highest BCUT2D eigenvalue weighted by molar-refractivity contribution is 9.10. The number of pyridine rings is 1. The van der Waals surface area contributed by atoms with Gasteiger partial charge in [0.2, 0.25) is 0 Å². The fourth-order valence-corrected chi connectivity index (χ4v) is 2.11. The number of aromatic nitrogens is 1. The van der Waals surface area contributed by atoms with E-state index in [1.54, 1.807) is 0 Å². The summed E-state index contributed by atoms with van der Waals surface area (Å²) in [4.78, 5) is 4.36. The summed E-state index contributed by atoms with van der Waals surface area (Å²) in [5.74, 6) is 0.